The lowest BCUT2D eigenvalue weighted by molar-refractivity contribution is 0.399. The lowest BCUT2D eigenvalue weighted by Gasteiger charge is -2.03. The number of nitrogens with one attached hydrogen (secondary N) is 1. The fraction of sp³-hybridized carbons (Fsp3) is 0.143. The summed E-state index contributed by atoms with van der Waals surface area (Å²) in [6.45, 7) is 0. The molecule has 72 valence electrons. The van der Waals surface area contributed by atoms with E-state index in [0.717, 1.165) is 4.47 Å². The third kappa shape index (κ3) is 1.58. The molecule has 0 aromatic carbocycles. The number of rotatable bonds is 2. The standard InChI is InChI=1S/C7H6BrN5O/c1-14-7-5(2-4(8)3-9-7)6-10-12-13-11-6/h2-3H,1H3,(H,10,11,12,13). The molecular formula is C7H6BrN5O. The van der Waals surface area contributed by atoms with Crippen LogP contribution >= 0.6 is 15.9 Å². The van der Waals surface area contributed by atoms with E-state index >= 15 is 0 Å². The minimum Gasteiger partial charge on any atom is -0.480 e. The van der Waals surface area contributed by atoms with Crippen LogP contribution in [-0.4, -0.2) is 32.7 Å². The van der Waals surface area contributed by atoms with Crippen LogP contribution in [0.2, 0.25) is 0 Å². The van der Waals surface area contributed by atoms with Crippen molar-refractivity contribution in [3.8, 4) is 17.3 Å². The maximum Gasteiger partial charge on any atom is 0.224 e. The number of hydrogen-bond acceptors (Lipinski definition) is 5. The van der Waals surface area contributed by atoms with Gasteiger partial charge in [0.05, 0.1) is 12.7 Å². The van der Waals surface area contributed by atoms with Crippen molar-refractivity contribution in [3.05, 3.63) is 16.7 Å². The Morgan fingerprint density at radius 3 is 3.00 bits per heavy atom. The third-order valence-electron chi connectivity index (χ3n) is 1.60. The zero-order chi connectivity index (χ0) is 9.97. The van der Waals surface area contributed by atoms with Crippen LogP contribution in [0.5, 0.6) is 5.88 Å². The van der Waals surface area contributed by atoms with Crippen molar-refractivity contribution in [3.63, 3.8) is 0 Å². The van der Waals surface area contributed by atoms with Gasteiger partial charge in [-0.15, -0.1) is 10.2 Å². The van der Waals surface area contributed by atoms with Crippen LogP contribution in [0, 0.1) is 0 Å². The van der Waals surface area contributed by atoms with Crippen molar-refractivity contribution in [2.24, 2.45) is 0 Å². The Labute approximate surface area is 87.8 Å². The molecule has 2 rings (SSSR count). The van der Waals surface area contributed by atoms with Gasteiger partial charge in [-0.2, -0.15) is 5.21 Å². The van der Waals surface area contributed by atoms with Crippen molar-refractivity contribution >= 4 is 15.9 Å². The van der Waals surface area contributed by atoms with Crippen LogP contribution in [0.1, 0.15) is 0 Å². The molecule has 0 aliphatic heterocycles. The summed E-state index contributed by atoms with van der Waals surface area (Å²) >= 11 is 3.31. The summed E-state index contributed by atoms with van der Waals surface area (Å²) in [6.07, 6.45) is 1.64. The number of nitrogens with zero attached hydrogens (tertiary/aromatic N) is 4. The second-order valence-corrected chi connectivity index (χ2v) is 3.36. The van der Waals surface area contributed by atoms with E-state index in [-0.39, 0.29) is 0 Å². The highest BCUT2D eigenvalue weighted by atomic mass is 79.9. The van der Waals surface area contributed by atoms with E-state index in [0.29, 0.717) is 17.3 Å². The molecule has 0 unspecified atom stereocenters. The number of tetrazole rings is 1. The molecule has 0 spiro atoms. The Morgan fingerprint density at radius 2 is 2.36 bits per heavy atom. The summed E-state index contributed by atoms with van der Waals surface area (Å²) in [6, 6.07) is 1.82. The molecule has 0 atom stereocenters. The smallest absolute Gasteiger partial charge is 0.224 e. The Kier molecular flexibility index (Phi) is 2.40. The number of ether oxygens (including phenoxy) is 1. The first-order chi connectivity index (χ1) is 6.81. The molecule has 6 nitrogen and oxygen atoms in total. The Balaban J connectivity index is 2.55. The number of hydrogen-bond donors (Lipinski definition) is 1. The molecule has 1 N–H and O–H groups in total. The molecule has 14 heavy (non-hydrogen) atoms. The van der Waals surface area contributed by atoms with Crippen LogP contribution in [0.3, 0.4) is 0 Å². The Morgan fingerprint density at radius 1 is 1.50 bits per heavy atom. The predicted molar refractivity (Wildman–Crippen MR) is 51.7 cm³/mol. The summed E-state index contributed by atoms with van der Waals surface area (Å²) in [4.78, 5) is 4.06. The lowest BCUT2D eigenvalue weighted by Crippen LogP contribution is -1.92. The second kappa shape index (κ2) is 3.70. The van der Waals surface area contributed by atoms with Crippen LogP contribution in [0.4, 0.5) is 0 Å². The van der Waals surface area contributed by atoms with Crippen LogP contribution in [0.25, 0.3) is 11.4 Å². The third-order valence-corrected chi connectivity index (χ3v) is 2.03. The first-order valence-corrected chi connectivity index (χ1v) is 4.54. The molecule has 0 fully saturated rings. The minimum atomic E-state index is 0.454. The van der Waals surface area contributed by atoms with E-state index in [1.165, 1.54) is 0 Å². The average molecular weight is 256 g/mol. The van der Waals surface area contributed by atoms with E-state index < -0.39 is 0 Å². The number of pyridine rings is 1. The first-order valence-electron chi connectivity index (χ1n) is 3.74. The van der Waals surface area contributed by atoms with Gasteiger partial charge in [-0.3, -0.25) is 0 Å². The fourth-order valence-corrected chi connectivity index (χ4v) is 1.36. The van der Waals surface area contributed by atoms with Crippen molar-refractivity contribution < 1.29 is 4.74 Å². The topological polar surface area (TPSA) is 76.6 Å². The van der Waals surface area contributed by atoms with Crippen molar-refractivity contribution in [1.82, 2.24) is 25.6 Å². The number of H-pyrrole nitrogens is 1. The number of halogens is 1. The molecule has 0 aliphatic carbocycles. The van der Waals surface area contributed by atoms with Crippen LogP contribution < -0.4 is 4.74 Å². The van der Waals surface area contributed by atoms with Gasteiger partial charge in [0.25, 0.3) is 0 Å². The monoisotopic (exact) mass is 255 g/mol. The zero-order valence-electron chi connectivity index (χ0n) is 7.23. The summed E-state index contributed by atoms with van der Waals surface area (Å²) in [5, 5.41) is 13.5. The zero-order valence-corrected chi connectivity index (χ0v) is 8.82. The molecule has 7 heteroatoms. The minimum absolute atomic E-state index is 0.454. The number of aromatic amines is 1. The van der Waals surface area contributed by atoms with Gasteiger partial charge in [-0.1, -0.05) is 0 Å². The Bertz CT molecular complexity index is 430. The van der Waals surface area contributed by atoms with E-state index in [2.05, 4.69) is 41.5 Å². The summed E-state index contributed by atoms with van der Waals surface area (Å²) in [7, 11) is 1.54. The van der Waals surface area contributed by atoms with Gasteiger partial charge in [-0.25, -0.2) is 4.98 Å². The van der Waals surface area contributed by atoms with E-state index in [4.69, 9.17) is 4.74 Å². The van der Waals surface area contributed by atoms with Gasteiger partial charge in [0, 0.05) is 10.7 Å². The molecular weight excluding hydrogens is 250 g/mol. The SMILES string of the molecule is COc1ncc(Br)cc1-c1nn[nH]n1. The van der Waals surface area contributed by atoms with Gasteiger partial charge in [0.1, 0.15) is 0 Å². The van der Waals surface area contributed by atoms with Crippen molar-refractivity contribution in [1.29, 1.82) is 0 Å². The molecule has 0 saturated carbocycles. The van der Waals surface area contributed by atoms with E-state index in [1.54, 1.807) is 13.3 Å². The molecule has 0 radical (unpaired) electrons. The van der Waals surface area contributed by atoms with Gasteiger partial charge in [0.15, 0.2) is 0 Å². The predicted octanol–water partition coefficient (Wildman–Crippen LogP) is 1.03. The fourth-order valence-electron chi connectivity index (χ4n) is 1.03. The summed E-state index contributed by atoms with van der Waals surface area (Å²) in [5.41, 5.74) is 0.690. The van der Waals surface area contributed by atoms with Crippen molar-refractivity contribution in [2.75, 3.05) is 7.11 Å². The molecule has 0 amide bonds. The molecule has 2 aromatic rings. The highest BCUT2D eigenvalue weighted by Gasteiger charge is 2.11. The van der Waals surface area contributed by atoms with Gasteiger partial charge in [0.2, 0.25) is 11.7 Å². The molecule has 2 aromatic heterocycles. The normalized spacial score (nSPS) is 10.1. The van der Waals surface area contributed by atoms with Gasteiger partial charge >= 0.3 is 0 Å². The highest BCUT2D eigenvalue weighted by Crippen LogP contribution is 2.26. The molecule has 0 saturated heterocycles. The molecule has 0 aliphatic rings. The summed E-state index contributed by atoms with van der Waals surface area (Å²) in [5.74, 6) is 0.922. The van der Waals surface area contributed by atoms with Gasteiger partial charge < -0.3 is 4.74 Å². The number of aromatic nitrogens is 5. The highest BCUT2D eigenvalue weighted by molar-refractivity contribution is 9.10. The largest absolute Gasteiger partial charge is 0.480 e. The molecule has 0 bridgehead atoms. The quantitative estimate of drug-likeness (QED) is 0.868. The number of methoxy groups -OCH3 is 1. The van der Waals surface area contributed by atoms with Crippen LogP contribution in [-0.2, 0) is 0 Å². The summed E-state index contributed by atoms with van der Waals surface area (Å²) < 4.78 is 5.90. The second-order valence-electron chi connectivity index (χ2n) is 2.45. The van der Waals surface area contributed by atoms with Crippen LogP contribution in [0.15, 0.2) is 16.7 Å². The van der Waals surface area contributed by atoms with E-state index in [1.807, 2.05) is 6.07 Å². The first kappa shape index (κ1) is 9.07. The lowest BCUT2D eigenvalue weighted by atomic mass is 10.2. The van der Waals surface area contributed by atoms with E-state index in [9.17, 15) is 0 Å². The molecule has 2 heterocycles. The van der Waals surface area contributed by atoms with Crippen molar-refractivity contribution in [2.45, 2.75) is 0 Å². The maximum atomic E-state index is 5.07. The average Bonchev–Trinajstić information content (AvgIpc) is 2.70. The van der Waals surface area contributed by atoms with Gasteiger partial charge in [-0.05, 0) is 27.2 Å². The Hall–Kier alpha value is -1.50. The maximum absolute atomic E-state index is 5.07.